The van der Waals surface area contributed by atoms with Gasteiger partial charge in [-0.15, -0.1) is 0 Å². The van der Waals surface area contributed by atoms with Gasteiger partial charge in [-0.05, 0) is 48.4 Å². The molecule has 1 unspecified atom stereocenters. The minimum absolute atomic E-state index is 0.215. The number of likely N-dealkylation sites (tertiary alicyclic amines) is 1. The fourth-order valence-electron chi connectivity index (χ4n) is 5.69. The molecular weight excluding hydrogens is 526 g/mol. The van der Waals surface area contributed by atoms with E-state index >= 15 is 0 Å². The van der Waals surface area contributed by atoms with Gasteiger partial charge in [0.1, 0.15) is 17.1 Å². The van der Waals surface area contributed by atoms with Crippen LogP contribution in [0.1, 0.15) is 12.0 Å². The third-order valence-corrected chi connectivity index (χ3v) is 8.23. The van der Waals surface area contributed by atoms with Crippen molar-refractivity contribution in [2.45, 2.75) is 19.0 Å². The molecule has 0 saturated carbocycles. The van der Waals surface area contributed by atoms with Gasteiger partial charge in [-0.3, -0.25) is 9.80 Å². The summed E-state index contributed by atoms with van der Waals surface area (Å²) in [6, 6.07) is 17.1. The van der Waals surface area contributed by atoms with Gasteiger partial charge in [-0.1, -0.05) is 23.7 Å². The maximum absolute atomic E-state index is 9.18. The first-order valence-electron chi connectivity index (χ1n) is 13.9. The Labute approximate surface area is 239 Å². The number of benzene rings is 2. The van der Waals surface area contributed by atoms with E-state index in [9.17, 15) is 5.11 Å². The average molecular weight is 562 g/mol. The van der Waals surface area contributed by atoms with Gasteiger partial charge in [0.15, 0.2) is 5.65 Å². The summed E-state index contributed by atoms with van der Waals surface area (Å²) in [5.74, 6) is 1.66. The Hall–Kier alpha value is -3.37. The molecule has 2 aromatic heterocycles. The molecule has 2 aliphatic heterocycles. The largest absolute Gasteiger partial charge is 0.497 e. The van der Waals surface area contributed by atoms with Crippen LogP contribution in [0, 0.1) is 0 Å². The van der Waals surface area contributed by atoms with Gasteiger partial charge in [0, 0.05) is 69.7 Å². The summed E-state index contributed by atoms with van der Waals surface area (Å²) in [5, 5.41) is 13.4. The van der Waals surface area contributed by atoms with Crippen LogP contribution < -0.4 is 15.0 Å². The number of hydrogen-bond acceptors (Lipinski definition) is 8. The minimum atomic E-state index is 0.215. The molecule has 0 amide bonds. The van der Waals surface area contributed by atoms with Crippen LogP contribution in [-0.4, -0.2) is 95.4 Å². The second kappa shape index (κ2) is 12.0. The highest BCUT2D eigenvalue weighted by atomic mass is 35.5. The number of nitrogens with zero attached hydrogens (tertiary/aromatic N) is 5. The van der Waals surface area contributed by atoms with Crippen LogP contribution in [0.2, 0.25) is 5.02 Å². The molecule has 0 aliphatic carbocycles. The maximum Gasteiger partial charge on any atom is 0.159 e. The van der Waals surface area contributed by atoms with E-state index in [1.807, 2.05) is 12.1 Å². The molecule has 0 bridgehead atoms. The van der Waals surface area contributed by atoms with Gasteiger partial charge >= 0.3 is 0 Å². The van der Waals surface area contributed by atoms with Crippen LogP contribution in [0.5, 0.6) is 5.75 Å². The number of methoxy groups -OCH3 is 1. The third-order valence-electron chi connectivity index (χ3n) is 7.95. The molecule has 10 heteroatoms. The van der Waals surface area contributed by atoms with Crippen molar-refractivity contribution in [1.82, 2.24) is 24.8 Å². The number of fused-ring (bicyclic) bond motifs is 1. The zero-order valence-corrected chi connectivity index (χ0v) is 23.6. The first kappa shape index (κ1) is 26.8. The van der Waals surface area contributed by atoms with Crippen LogP contribution in [0.3, 0.4) is 0 Å². The summed E-state index contributed by atoms with van der Waals surface area (Å²) in [4.78, 5) is 20.0. The van der Waals surface area contributed by atoms with Crippen molar-refractivity contribution >= 4 is 34.1 Å². The molecule has 2 aromatic carbocycles. The van der Waals surface area contributed by atoms with Gasteiger partial charge < -0.3 is 25.0 Å². The summed E-state index contributed by atoms with van der Waals surface area (Å²) >= 11 is 6.64. The molecule has 2 saturated heterocycles. The summed E-state index contributed by atoms with van der Waals surface area (Å²) in [6.07, 6.45) is 2.72. The zero-order chi connectivity index (χ0) is 27.5. The lowest BCUT2D eigenvalue weighted by Gasteiger charge is -2.35. The van der Waals surface area contributed by atoms with Crippen molar-refractivity contribution in [3.8, 4) is 17.1 Å². The molecule has 2 aliphatic rings. The number of hydrogen-bond donors (Lipinski definition) is 3. The number of rotatable bonds is 9. The van der Waals surface area contributed by atoms with Crippen LogP contribution >= 0.6 is 11.6 Å². The number of β-amino-alcohol motifs (C(OH)–C–C–N with tert-alkyl or cyclic N) is 1. The molecule has 1 atom stereocenters. The standard InChI is InChI=1S/C30H36ClN7O2/c1-40-25-8-2-21(3-9-25)19-37-11-10-23(20-37)33-27-26(31)18-32-30-28(27)34-29(35-30)22-4-6-24(7-5-22)38-14-12-36(13-15-38)16-17-39/h2-9,18,23,39H,10-17,19-20H2,1H3,(H2,32,33,34,35). The van der Waals surface area contributed by atoms with Crippen molar-refractivity contribution in [3.63, 3.8) is 0 Å². The smallest absolute Gasteiger partial charge is 0.159 e. The quantitative estimate of drug-likeness (QED) is 0.281. The molecule has 0 radical (unpaired) electrons. The summed E-state index contributed by atoms with van der Waals surface area (Å²) in [6.45, 7) is 7.67. The van der Waals surface area contributed by atoms with E-state index in [-0.39, 0.29) is 12.6 Å². The fraction of sp³-hybridized carbons (Fsp3) is 0.400. The topological polar surface area (TPSA) is 92.8 Å². The maximum atomic E-state index is 9.18. The monoisotopic (exact) mass is 561 g/mol. The molecule has 3 N–H and O–H groups in total. The number of piperazine rings is 1. The van der Waals surface area contributed by atoms with Crippen molar-refractivity contribution in [2.24, 2.45) is 0 Å². The number of imidazole rings is 1. The Bertz CT molecular complexity index is 1420. The summed E-state index contributed by atoms with van der Waals surface area (Å²) < 4.78 is 5.28. The van der Waals surface area contributed by atoms with Crippen LogP contribution in [-0.2, 0) is 6.54 Å². The zero-order valence-electron chi connectivity index (χ0n) is 22.8. The number of aromatic nitrogens is 3. The first-order valence-corrected chi connectivity index (χ1v) is 14.3. The minimum Gasteiger partial charge on any atom is -0.497 e. The fourth-order valence-corrected chi connectivity index (χ4v) is 5.89. The Morgan fingerprint density at radius 1 is 1.02 bits per heavy atom. The Kier molecular flexibility index (Phi) is 8.06. The van der Waals surface area contributed by atoms with Crippen molar-refractivity contribution < 1.29 is 9.84 Å². The van der Waals surface area contributed by atoms with E-state index in [2.05, 4.69) is 66.4 Å². The number of ether oxygens (including phenoxy) is 1. The van der Waals surface area contributed by atoms with Gasteiger partial charge in [0.25, 0.3) is 0 Å². The number of aromatic amines is 1. The molecule has 4 heterocycles. The summed E-state index contributed by atoms with van der Waals surface area (Å²) in [5.41, 5.74) is 5.81. The van der Waals surface area contributed by atoms with E-state index in [0.717, 1.165) is 92.8 Å². The molecule has 210 valence electrons. The number of H-pyrrole nitrogens is 1. The van der Waals surface area contributed by atoms with E-state index in [1.54, 1.807) is 13.3 Å². The highest BCUT2D eigenvalue weighted by Gasteiger charge is 2.25. The highest BCUT2D eigenvalue weighted by Crippen LogP contribution is 2.33. The van der Waals surface area contributed by atoms with Crippen molar-refractivity contribution in [1.29, 1.82) is 0 Å². The number of halogens is 1. The number of nitrogens with one attached hydrogen (secondary N) is 2. The molecule has 2 fully saturated rings. The van der Waals surface area contributed by atoms with Gasteiger partial charge in [-0.25, -0.2) is 9.97 Å². The number of pyridine rings is 1. The van der Waals surface area contributed by atoms with Crippen LogP contribution in [0.25, 0.3) is 22.6 Å². The Balaban J connectivity index is 1.13. The molecule has 40 heavy (non-hydrogen) atoms. The Morgan fingerprint density at radius 2 is 1.80 bits per heavy atom. The predicted molar refractivity (Wildman–Crippen MR) is 160 cm³/mol. The summed E-state index contributed by atoms with van der Waals surface area (Å²) in [7, 11) is 1.69. The lowest BCUT2D eigenvalue weighted by Crippen LogP contribution is -2.47. The van der Waals surface area contributed by atoms with Crippen LogP contribution in [0.15, 0.2) is 54.7 Å². The number of anilines is 2. The van der Waals surface area contributed by atoms with Gasteiger partial charge in [-0.2, -0.15) is 0 Å². The molecular formula is C30H36ClN7O2. The second-order valence-electron chi connectivity index (χ2n) is 10.6. The number of aliphatic hydroxyl groups excluding tert-OH is 1. The lowest BCUT2D eigenvalue weighted by atomic mass is 10.1. The van der Waals surface area contributed by atoms with Crippen molar-refractivity contribution in [2.75, 3.05) is 69.7 Å². The van der Waals surface area contributed by atoms with Crippen molar-refractivity contribution in [3.05, 3.63) is 65.3 Å². The lowest BCUT2D eigenvalue weighted by molar-refractivity contribution is 0.189. The molecule has 4 aromatic rings. The first-order chi connectivity index (χ1) is 19.6. The van der Waals surface area contributed by atoms with Crippen LogP contribution in [0.4, 0.5) is 11.4 Å². The molecule has 9 nitrogen and oxygen atoms in total. The highest BCUT2D eigenvalue weighted by molar-refractivity contribution is 6.34. The SMILES string of the molecule is COc1ccc(CN2CCC(Nc3c(Cl)cnc4[nH]c(-c5ccc(N6CCN(CCO)CC6)cc5)nc34)C2)cc1. The molecule has 0 spiro atoms. The normalized spacial score (nSPS) is 18.5. The molecule has 6 rings (SSSR count). The number of aliphatic hydroxyl groups is 1. The van der Waals surface area contributed by atoms with Gasteiger partial charge in [0.05, 0.1) is 30.6 Å². The third kappa shape index (κ3) is 5.88. The Morgan fingerprint density at radius 3 is 2.52 bits per heavy atom. The van der Waals surface area contributed by atoms with Gasteiger partial charge in [0.2, 0.25) is 0 Å². The van der Waals surface area contributed by atoms with E-state index in [4.69, 9.17) is 21.3 Å². The van der Waals surface area contributed by atoms with E-state index < -0.39 is 0 Å². The second-order valence-corrected chi connectivity index (χ2v) is 11.0. The van der Waals surface area contributed by atoms with E-state index in [1.165, 1.54) is 11.3 Å². The van der Waals surface area contributed by atoms with E-state index in [0.29, 0.717) is 5.02 Å². The predicted octanol–water partition coefficient (Wildman–Crippen LogP) is 4.09. The average Bonchev–Trinajstić information content (AvgIpc) is 3.63.